The Morgan fingerprint density at radius 1 is 1.13 bits per heavy atom. The van der Waals surface area contributed by atoms with Crippen LogP contribution in [0.25, 0.3) is 0 Å². The fourth-order valence-electron chi connectivity index (χ4n) is 8.90. The van der Waals surface area contributed by atoms with Gasteiger partial charge in [-0.05, 0) is 67.8 Å². The van der Waals surface area contributed by atoms with Crippen LogP contribution in [0.1, 0.15) is 52.4 Å². The topological polar surface area (TPSA) is 91.3 Å². The summed E-state index contributed by atoms with van der Waals surface area (Å²) in [4.78, 5) is 24.0. The third kappa shape index (κ3) is 2.32. The van der Waals surface area contributed by atoms with Crippen LogP contribution in [0.15, 0.2) is 11.6 Å². The molecule has 31 heavy (non-hydrogen) atoms. The van der Waals surface area contributed by atoms with Gasteiger partial charge >= 0.3 is 0 Å². The van der Waals surface area contributed by atoms with E-state index in [9.17, 15) is 14.7 Å². The molecule has 0 aromatic heterocycles. The molecule has 5 unspecified atom stereocenters. The van der Waals surface area contributed by atoms with Gasteiger partial charge in [0.25, 0.3) is 0 Å². The first kappa shape index (κ1) is 20.5. The van der Waals surface area contributed by atoms with Gasteiger partial charge in [-0.15, -0.1) is 0 Å². The Morgan fingerprint density at radius 3 is 2.68 bits per heavy atom. The van der Waals surface area contributed by atoms with Crippen LogP contribution in [0.5, 0.6) is 0 Å². The molecule has 2 heterocycles. The highest BCUT2D eigenvalue weighted by Gasteiger charge is 2.76. The molecule has 0 bridgehead atoms. The van der Waals surface area contributed by atoms with E-state index in [1.54, 1.807) is 6.08 Å². The van der Waals surface area contributed by atoms with E-state index >= 15 is 0 Å². The van der Waals surface area contributed by atoms with Crippen LogP contribution in [0.4, 0.5) is 0 Å². The molecule has 6 rings (SSSR count). The maximum absolute atomic E-state index is 12.4. The fourth-order valence-corrected chi connectivity index (χ4v) is 8.90. The summed E-state index contributed by atoms with van der Waals surface area (Å²) in [7, 11) is 0. The van der Waals surface area contributed by atoms with E-state index in [2.05, 4.69) is 13.8 Å². The minimum atomic E-state index is -0.896. The van der Waals surface area contributed by atoms with Crippen molar-refractivity contribution >= 4 is 12.1 Å². The molecule has 5 fully saturated rings. The second-order valence-electron chi connectivity index (χ2n) is 11.1. The molecule has 0 aromatic rings. The number of carbonyl (C=O) groups is 2. The molecule has 2 saturated heterocycles. The molecule has 4 aliphatic carbocycles. The lowest BCUT2D eigenvalue weighted by molar-refractivity contribution is -0.257. The zero-order valence-corrected chi connectivity index (χ0v) is 18.3. The number of hydrogen-bond acceptors (Lipinski definition) is 7. The summed E-state index contributed by atoms with van der Waals surface area (Å²) in [5, 5.41) is 11.7. The van der Waals surface area contributed by atoms with Crippen molar-refractivity contribution in [3.8, 4) is 0 Å². The lowest BCUT2D eigenvalue weighted by atomic mass is 9.44. The number of aliphatic hydroxyl groups excluding tert-OH is 1. The van der Waals surface area contributed by atoms with Gasteiger partial charge in [-0.1, -0.05) is 19.4 Å². The van der Waals surface area contributed by atoms with Crippen LogP contribution in [0, 0.1) is 34.5 Å². The van der Waals surface area contributed by atoms with Crippen molar-refractivity contribution in [2.75, 3.05) is 20.2 Å². The normalized spacial score (nSPS) is 55.8. The Morgan fingerprint density at radius 2 is 1.94 bits per heavy atom. The van der Waals surface area contributed by atoms with Gasteiger partial charge in [0.15, 0.2) is 19.4 Å². The van der Waals surface area contributed by atoms with Crippen molar-refractivity contribution in [2.24, 2.45) is 34.5 Å². The average Bonchev–Trinajstić information content (AvgIpc) is 3.42. The number of carbonyl (C=O) groups excluding carboxylic acids is 2. The molecule has 3 saturated carbocycles. The van der Waals surface area contributed by atoms with Crippen LogP contribution in [0.2, 0.25) is 0 Å². The van der Waals surface area contributed by atoms with E-state index in [0.29, 0.717) is 31.3 Å². The van der Waals surface area contributed by atoms with Gasteiger partial charge in [0.05, 0.1) is 12.0 Å². The molecule has 1 N–H and O–H groups in total. The van der Waals surface area contributed by atoms with Gasteiger partial charge in [0, 0.05) is 5.41 Å². The lowest BCUT2D eigenvalue weighted by Gasteiger charge is -2.61. The molecule has 0 radical (unpaired) electrons. The average molecular weight is 433 g/mol. The third-order valence-corrected chi connectivity index (χ3v) is 10.2. The zero-order valence-electron chi connectivity index (χ0n) is 18.3. The Labute approximate surface area is 182 Å². The summed E-state index contributed by atoms with van der Waals surface area (Å²) >= 11 is 0. The number of ether oxygens (including phenoxy) is 4. The predicted octanol–water partition coefficient (Wildman–Crippen LogP) is 2.36. The maximum Gasteiger partial charge on any atom is 0.226 e. The quantitative estimate of drug-likeness (QED) is 0.502. The molecular formula is C24H32O7. The van der Waals surface area contributed by atoms with Crippen LogP contribution < -0.4 is 0 Å². The first-order valence-corrected chi connectivity index (χ1v) is 11.7. The molecule has 0 amide bonds. The Bertz CT molecular complexity index is 841. The standard InChI is InChI=1S/C24H32O7/c1-21-8-14(10-25)18(26)7-15(21)3-4-16-17-5-6-23(22(17,2)9-19(27)20(16)21)24(31-13-29-23)11-28-12-30-24/h7,10,14,16-17,19-20,27H,3-6,8-9,11-13H2,1-2H3/t14?,16?,17?,19-,20?,21-,22-,23+,24?/m0/s1. The van der Waals surface area contributed by atoms with E-state index in [1.165, 1.54) is 0 Å². The molecule has 7 nitrogen and oxygen atoms in total. The molecule has 9 atom stereocenters. The number of rotatable bonds is 1. The highest BCUT2D eigenvalue weighted by atomic mass is 16.9. The summed E-state index contributed by atoms with van der Waals surface area (Å²) in [6.45, 7) is 5.15. The fraction of sp³-hybridized carbons (Fsp3) is 0.833. The van der Waals surface area contributed by atoms with E-state index in [-0.39, 0.29) is 36.1 Å². The number of fused-ring (bicyclic) bond motifs is 7. The second-order valence-corrected chi connectivity index (χ2v) is 11.1. The minimum Gasteiger partial charge on any atom is -0.393 e. The van der Waals surface area contributed by atoms with E-state index in [4.69, 9.17) is 18.9 Å². The van der Waals surface area contributed by atoms with Crippen LogP contribution in [0.3, 0.4) is 0 Å². The van der Waals surface area contributed by atoms with Gasteiger partial charge in [-0.2, -0.15) is 0 Å². The third-order valence-electron chi connectivity index (χ3n) is 10.2. The second kappa shape index (κ2) is 6.48. The Balaban J connectivity index is 1.40. The van der Waals surface area contributed by atoms with Crippen molar-refractivity contribution in [1.82, 2.24) is 0 Å². The summed E-state index contributed by atoms with van der Waals surface area (Å²) in [5.74, 6) is -0.870. The summed E-state index contributed by atoms with van der Waals surface area (Å²) in [5.41, 5.74) is -0.130. The van der Waals surface area contributed by atoms with E-state index in [1.807, 2.05) is 0 Å². The molecule has 7 heteroatoms. The first-order valence-electron chi connectivity index (χ1n) is 11.7. The summed E-state index contributed by atoms with van der Waals surface area (Å²) in [6, 6.07) is 0. The van der Waals surface area contributed by atoms with Crippen LogP contribution in [-0.2, 0) is 28.5 Å². The molecule has 0 aromatic carbocycles. The van der Waals surface area contributed by atoms with Gasteiger partial charge in [-0.25, -0.2) is 0 Å². The van der Waals surface area contributed by atoms with Crippen molar-refractivity contribution < 1.29 is 33.6 Å². The number of hydrogen-bond donors (Lipinski definition) is 1. The largest absolute Gasteiger partial charge is 0.393 e. The highest BCUT2D eigenvalue weighted by Crippen LogP contribution is 2.71. The minimum absolute atomic E-state index is 0.0373. The lowest BCUT2D eigenvalue weighted by Crippen LogP contribution is -2.66. The van der Waals surface area contributed by atoms with E-state index < -0.39 is 23.4 Å². The van der Waals surface area contributed by atoms with Gasteiger partial charge < -0.3 is 28.8 Å². The van der Waals surface area contributed by atoms with Gasteiger partial charge in [0.2, 0.25) is 5.79 Å². The zero-order chi connectivity index (χ0) is 21.6. The first-order chi connectivity index (χ1) is 14.8. The van der Waals surface area contributed by atoms with Crippen molar-refractivity contribution in [3.05, 3.63) is 11.6 Å². The number of ketones is 1. The molecular weight excluding hydrogens is 400 g/mol. The summed E-state index contributed by atoms with van der Waals surface area (Å²) < 4.78 is 24.0. The SMILES string of the molecule is C[C@]12CC(C=O)C(=O)C=C1CCC1C2[C@@H](O)C[C@@]2(C)C1CC[C@@]21OCOC12COCO2. The number of allylic oxidation sites excluding steroid dienone is 1. The molecule has 170 valence electrons. The molecule has 6 aliphatic rings. The monoisotopic (exact) mass is 432 g/mol. The highest BCUT2D eigenvalue weighted by molar-refractivity contribution is 6.02. The van der Waals surface area contributed by atoms with Crippen molar-refractivity contribution in [3.63, 3.8) is 0 Å². The van der Waals surface area contributed by atoms with E-state index in [0.717, 1.165) is 37.5 Å². The molecule has 2 spiro atoms. The Hall–Kier alpha value is -1.12. The number of aliphatic hydroxyl groups is 1. The van der Waals surface area contributed by atoms with Crippen molar-refractivity contribution in [2.45, 2.75) is 69.9 Å². The van der Waals surface area contributed by atoms with Gasteiger partial charge in [0.1, 0.15) is 18.5 Å². The summed E-state index contributed by atoms with van der Waals surface area (Å²) in [6.07, 6.45) is 6.67. The smallest absolute Gasteiger partial charge is 0.226 e. The maximum atomic E-state index is 12.4. The number of aldehydes is 1. The van der Waals surface area contributed by atoms with Crippen LogP contribution in [-0.4, -0.2) is 54.9 Å². The van der Waals surface area contributed by atoms with Crippen LogP contribution >= 0.6 is 0 Å². The van der Waals surface area contributed by atoms with Crippen molar-refractivity contribution in [1.29, 1.82) is 0 Å². The predicted molar refractivity (Wildman–Crippen MR) is 107 cm³/mol. The van der Waals surface area contributed by atoms with Gasteiger partial charge in [-0.3, -0.25) is 4.79 Å². The molecule has 2 aliphatic heterocycles. The Kier molecular flexibility index (Phi) is 4.28.